The van der Waals surface area contributed by atoms with Crippen molar-refractivity contribution in [2.45, 2.75) is 55.3 Å². The zero-order valence-electron chi connectivity index (χ0n) is 12.8. The minimum atomic E-state index is -6.55. The number of esters is 1. The van der Waals surface area contributed by atoms with Crippen molar-refractivity contribution in [1.82, 2.24) is 0 Å². The van der Waals surface area contributed by atoms with Crippen molar-refractivity contribution < 1.29 is 67.7 Å². The average molecular weight is 426 g/mol. The van der Waals surface area contributed by atoms with Gasteiger partial charge in [-0.1, -0.05) is 6.58 Å². The summed E-state index contributed by atoms with van der Waals surface area (Å²) in [6, 6.07) is 0. The van der Waals surface area contributed by atoms with Gasteiger partial charge in [0.2, 0.25) is 0 Å². The first-order valence-corrected chi connectivity index (χ1v) is 6.51. The van der Waals surface area contributed by atoms with E-state index >= 15 is 0 Å². The maximum absolute atomic E-state index is 14.2. The van der Waals surface area contributed by atoms with Crippen LogP contribution in [-0.4, -0.2) is 53.0 Å². The Balaban J connectivity index is 3.48. The smallest absolute Gasteiger partial charge is 0.449 e. The largest absolute Gasteiger partial charge is 0.449 e. The lowest BCUT2D eigenvalue weighted by atomic mass is 9.81. The molecule has 1 heterocycles. The molecule has 1 N–H and O–H groups in total. The number of carbonyl (C=O) groups excluding carboxylic acids is 1. The quantitative estimate of drug-likeness (QED) is 0.416. The van der Waals surface area contributed by atoms with Crippen LogP contribution in [-0.2, 0) is 14.3 Å². The first-order valence-electron chi connectivity index (χ1n) is 6.51. The molecule has 1 aliphatic rings. The molecular weight excluding hydrogens is 417 g/mol. The van der Waals surface area contributed by atoms with Crippen molar-refractivity contribution in [2.24, 2.45) is 0 Å². The normalized spacial score (nSPS) is 32.1. The number of halogens is 11. The van der Waals surface area contributed by atoms with E-state index in [1.807, 2.05) is 0 Å². The Hall–Kier alpha value is -1.64. The third-order valence-corrected chi connectivity index (χ3v) is 3.63. The molecule has 27 heavy (non-hydrogen) atoms. The van der Waals surface area contributed by atoms with Crippen LogP contribution in [0.5, 0.6) is 0 Å². The molecule has 1 saturated heterocycles. The SMILES string of the molecule is C=C(C(=O)OC1(C)CC(C(F)(F)F)OC(O)(C(F)(F)F)C1(F)F)C(F)(F)F. The fourth-order valence-electron chi connectivity index (χ4n) is 2.08. The minimum absolute atomic E-state index is 0.202. The summed E-state index contributed by atoms with van der Waals surface area (Å²) >= 11 is 0. The van der Waals surface area contributed by atoms with Gasteiger partial charge in [-0.25, -0.2) is 4.79 Å². The molecule has 0 radical (unpaired) electrons. The van der Waals surface area contributed by atoms with E-state index in [-0.39, 0.29) is 6.92 Å². The molecule has 0 spiro atoms. The molecule has 158 valence electrons. The number of ether oxygens (including phenoxy) is 2. The highest BCUT2D eigenvalue weighted by atomic mass is 19.4. The van der Waals surface area contributed by atoms with Crippen molar-refractivity contribution in [3.63, 3.8) is 0 Å². The van der Waals surface area contributed by atoms with Gasteiger partial charge in [-0.2, -0.15) is 48.3 Å². The Bertz CT molecular complexity index is 620. The average Bonchev–Trinajstić information content (AvgIpc) is 2.40. The van der Waals surface area contributed by atoms with Crippen LogP contribution in [0.4, 0.5) is 48.3 Å². The summed E-state index contributed by atoms with van der Waals surface area (Å²) < 4.78 is 149. The lowest BCUT2D eigenvalue weighted by Crippen LogP contribution is -2.75. The molecule has 1 aliphatic heterocycles. The van der Waals surface area contributed by atoms with Crippen molar-refractivity contribution in [2.75, 3.05) is 0 Å². The first-order chi connectivity index (χ1) is 11.6. The highest BCUT2D eigenvalue weighted by molar-refractivity contribution is 5.89. The van der Waals surface area contributed by atoms with E-state index in [1.54, 1.807) is 0 Å². The Kier molecular flexibility index (Phi) is 5.36. The first kappa shape index (κ1) is 23.4. The van der Waals surface area contributed by atoms with Crippen LogP contribution in [0.3, 0.4) is 0 Å². The highest BCUT2D eigenvalue weighted by Crippen LogP contribution is 2.57. The van der Waals surface area contributed by atoms with E-state index in [4.69, 9.17) is 0 Å². The molecule has 0 aromatic heterocycles. The number of hydrogen-bond acceptors (Lipinski definition) is 4. The Morgan fingerprint density at radius 1 is 1.11 bits per heavy atom. The van der Waals surface area contributed by atoms with E-state index in [0.29, 0.717) is 0 Å². The fourth-order valence-corrected chi connectivity index (χ4v) is 2.08. The minimum Gasteiger partial charge on any atom is -0.449 e. The van der Waals surface area contributed by atoms with Crippen molar-refractivity contribution in [3.8, 4) is 0 Å². The predicted molar refractivity (Wildman–Crippen MR) is 61.2 cm³/mol. The molecule has 0 aliphatic carbocycles. The molecule has 15 heteroatoms. The number of aliphatic hydroxyl groups is 1. The standard InChI is InChI=1S/C12H9F11O4/c1-4(8(13,14)15)6(24)27-7(2)3-5(9(16,17)18)26-11(25,10(7,19)20)12(21,22)23/h5,25H,1,3H2,2H3. The Morgan fingerprint density at radius 2 is 1.56 bits per heavy atom. The van der Waals surface area contributed by atoms with E-state index < -0.39 is 59.9 Å². The lowest BCUT2D eigenvalue weighted by Gasteiger charge is -2.51. The van der Waals surface area contributed by atoms with E-state index in [0.717, 1.165) is 0 Å². The summed E-state index contributed by atoms with van der Waals surface area (Å²) in [6.45, 7) is 1.94. The summed E-state index contributed by atoms with van der Waals surface area (Å²) in [5, 5.41) is 9.18. The zero-order valence-corrected chi connectivity index (χ0v) is 12.8. The van der Waals surface area contributed by atoms with Crippen molar-refractivity contribution in [3.05, 3.63) is 12.2 Å². The van der Waals surface area contributed by atoms with Gasteiger partial charge in [-0.05, 0) is 6.92 Å². The molecule has 0 saturated carbocycles. The maximum Gasteiger partial charge on any atom is 0.449 e. The summed E-state index contributed by atoms with van der Waals surface area (Å²) in [4.78, 5) is 11.3. The molecular formula is C12H9F11O4. The molecule has 4 nitrogen and oxygen atoms in total. The van der Waals surface area contributed by atoms with Gasteiger partial charge in [0.1, 0.15) is 5.57 Å². The fraction of sp³-hybridized carbons (Fsp3) is 0.750. The summed E-state index contributed by atoms with van der Waals surface area (Å²) in [7, 11) is 0. The molecule has 1 rings (SSSR count). The van der Waals surface area contributed by atoms with Gasteiger partial charge >= 0.3 is 36.2 Å². The van der Waals surface area contributed by atoms with Gasteiger partial charge in [-0.3, -0.25) is 0 Å². The van der Waals surface area contributed by atoms with Gasteiger partial charge in [-0.15, -0.1) is 0 Å². The van der Waals surface area contributed by atoms with E-state index in [2.05, 4.69) is 16.1 Å². The number of alkyl halides is 11. The van der Waals surface area contributed by atoms with Crippen molar-refractivity contribution in [1.29, 1.82) is 0 Å². The zero-order chi connectivity index (χ0) is 21.9. The number of hydrogen-bond donors (Lipinski definition) is 1. The van der Waals surface area contributed by atoms with E-state index in [1.165, 1.54) is 0 Å². The molecule has 3 unspecified atom stereocenters. The van der Waals surface area contributed by atoms with Crippen LogP contribution in [0, 0.1) is 0 Å². The second kappa shape index (κ2) is 6.18. The molecule has 0 aromatic carbocycles. The number of rotatable bonds is 2. The molecule has 3 atom stereocenters. The highest BCUT2D eigenvalue weighted by Gasteiger charge is 2.82. The van der Waals surface area contributed by atoms with Gasteiger partial charge in [0.25, 0.3) is 0 Å². The Morgan fingerprint density at radius 3 is 1.89 bits per heavy atom. The molecule has 1 fully saturated rings. The number of carbonyl (C=O) groups is 1. The molecule has 0 aromatic rings. The molecule has 0 bridgehead atoms. The van der Waals surface area contributed by atoms with Crippen LogP contribution in [0.15, 0.2) is 12.2 Å². The predicted octanol–water partition coefficient (Wildman–Crippen LogP) is 3.64. The second-order valence-electron chi connectivity index (χ2n) is 5.67. The van der Waals surface area contributed by atoms with Crippen LogP contribution in [0.1, 0.15) is 13.3 Å². The summed E-state index contributed by atoms with van der Waals surface area (Å²) in [5.41, 5.74) is -6.66. The van der Waals surface area contributed by atoms with Gasteiger partial charge < -0.3 is 14.6 Å². The molecule has 0 amide bonds. The summed E-state index contributed by atoms with van der Waals surface area (Å²) in [6.07, 6.45) is -23.9. The van der Waals surface area contributed by atoms with Crippen LogP contribution < -0.4 is 0 Å². The lowest BCUT2D eigenvalue weighted by molar-refractivity contribution is -0.495. The van der Waals surface area contributed by atoms with E-state index in [9.17, 15) is 58.2 Å². The van der Waals surface area contributed by atoms with Crippen LogP contribution in [0.25, 0.3) is 0 Å². The van der Waals surface area contributed by atoms with Crippen LogP contribution >= 0.6 is 0 Å². The maximum atomic E-state index is 14.2. The second-order valence-corrected chi connectivity index (χ2v) is 5.67. The van der Waals surface area contributed by atoms with Gasteiger partial charge in [0.05, 0.1) is 0 Å². The monoisotopic (exact) mass is 426 g/mol. The van der Waals surface area contributed by atoms with Gasteiger partial charge in [0.15, 0.2) is 11.7 Å². The topological polar surface area (TPSA) is 55.8 Å². The van der Waals surface area contributed by atoms with Crippen molar-refractivity contribution >= 4 is 5.97 Å². The third-order valence-electron chi connectivity index (χ3n) is 3.63. The summed E-state index contributed by atoms with van der Waals surface area (Å²) in [5.74, 6) is -14.4. The third kappa shape index (κ3) is 3.83. The van der Waals surface area contributed by atoms with Crippen LogP contribution in [0.2, 0.25) is 0 Å². The van der Waals surface area contributed by atoms with Gasteiger partial charge in [0, 0.05) is 6.42 Å². The Labute approximate surface area is 142 Å².